The van der Waals surface area contributed by atoms with Crippen LogP contribution in [0.15, 0.2) is 34.7 Å². The van der Waals surface area contributed by atoms with Gasteiger partial charge in [-0.25, -0.2) is 4.98 Å². The number of nitrogens with one attached hydrogen (secondary N) is 1. The van der Waals surface area contributed by atoms with Crippen LogP contribution in [0, 0.1) is 18.3 Å². The van der Waals surface area contributed by atoms with Gasteiger partial charge in [-0.1, -0.05) is 30.3 Å². The normalized spacial score (nSPS) is 16.3. The molecule has 1 N–H and O–H groups in total. The smallest absolute Gasteiger partial charge is 0.306 e. The van der Waals surface area contributed by atoms with Crippen molar-refractivity contribution in [3.8, 4) is 17.2 Å². The largest absolute Gasteiger partial charge is 0.430 e. The van der Waals surface area contributed by atoms with Crippen molar-refractivity contribution in [1.29, 1.82) is 5.26 Å². The second kappa shape index (κ2) is 7.81. The van der Waals surface area contributed by atoms with Gasteiger partial charge in [0.15, 0.2) is 5.58 Å². The summed E-state index contributed by atoms with van der Waals surface area (Å²) in [5, 5.41) is 12.5. The van der Waals surface area contributed by atoms with Crippen molar-refractivity contribution in [2.45, 2.75) is 19.4 Å². The van der Waals surface area contributed by atoms with Gasteiger partial charge in [-0.3, -0.25) is 4.79 Å². The van der Waals surface area contributed by atoms with E-state index < -0.39 is 5.91 Å². The van der Waals surface area contributed by atoms with E-state index in [9.17, 15) is 10.1 Å². The Morgan fingerprint density at radius 2 is 2.07 bits per heavy atom. The lowest BCUT2D eigenvalue weighted by molar-refractivity contribution is 0.0931. The molecule has 2 heterocycles. The lowest BCUT2D eigenvalue weighted by atomic mass is 9.93. The van der Waals surface area contributed by atoms with Crippen LogP contribution in [0.2, 0.25) is 0 Å². The molecular weight excluding hydrogens is 378 g/mol. The van der Waals surface area contributed by atoms with Crippen LogP contribution in [0.4, 0.5) is 5.69 Å². The number of carbonyl (C=O) groups is 1. The van der Waals surface area contributed by atoms with E-state index in [0.717, 1.165) is 41.9 Å². The third-order valence-corrected chi connectivity index (χ3v) is 5.87. The monoisotopic (exact) mass is 403 g/mol. The van der Waals surface area contributed by atoms with Gasteiger partial charge in [0, 0.05) is 31.7 Å². The zero-order valence-electron chi connectivity index (χ0n) is 17.7. The number of anilines is 1. The van der Waals surface area contributed by atoms with Gasteiger partial charge in [-0.05, 0) is 38.6 Å². The summed E-state index contributed by atoms with van der Waals surface area (Å²) < 4.78 is 5.99. The molecule has 2 aromatic carbocycles. The lowest BCUT2D eigenvalue weighted by Crippen LogP contribution is -2.31. The van der Waals surface area contributed by atoms with Crippen LogP contribution >= 0.6 is 0 Å². The molecule has 1 aliphatic heterocycles. The van der Waals surface area contributed by atoms with Crippen molar-refractivity contribution >= 4 is 22.7 Å². The van der Waals surface area contributed by atoms with E-state index in [2.05, 4.69) is 40.3 Å². The Hall–Kier alpha value is -3.37. The minimum atomic E-state index is -0.410. The fraction of sp³-hybridized carbons (Fsp3) is 0.348. The Morgan fingerprint density at radius 3 is 2.67 bits per heavy atom. The fourth-order valence-corrected chi connectivity index (χ4v) is 4.21. The van der Waals surface area contributed by atoms with Gasteiger partial charge in [0.1, 0.15) is 11.6 Å². The van der Waals surface area contributed by atoms with Gasteiger partial charge >= 0.3 is 5.91 Å². The molecular formula is C23H25N5O2. The predicted molar refractivity (Wildman–Crippen MR) is 117 cm³/mol. The summed E-state index contributed by atoms with van der Waals surface area (Å²) in [4.78, 5) is 21.1. The Labute approximate surface area is 175 Å². The van der Waals surface area contributed by atoms with E-state index in [1.165, 1.54) is 7.05 Å². The molecule has 1 aliphatic rings. The zero-order chi connectivity index (χ0) is 21.4. The number of nitriles is 1. The molecule has 0 saturated carbocycles. The first-order valence-corrected chi connectivity index (χ1v) is 10.0. The molecule has 0 aliphatic carbocycles. The van der Waals surface area contributed by atoms with Crippen LogP contribution in [0.3, 0.4) is 0 Å². The molecule has 0 radical (unpaired) electrons. The molecule has 1 amide bonds. The maximum absolute atomic E-state index is 12.2. The fourth-order valence-electron chi connectivity index (χ4n) is 4.21. The number of fused-ring (bicyclic) bond motifs is 1. The first kappa shape index (κ1) is 19.9. The summed E-state index contributed by atoms with van der Waals surface area (Å²) in [5.74, 6) is -0.439. The van der Waals surface area contributed by atoms with E-state index in [1.807, 2.05) is 37.3 Å². The molecule has 7 heteroatoms. The molecule has 0 bridgehead atoms. The number of nitrogens with zero attached hydrogens (tertiary/aromatic N) is 4. The minimum Gasteiger partial charge on any atom is -0.430 e. The van der Waals surface area contributed by atoms with E-state index in [4.69, 9.17) is 4.42 Å². The second-order valence-electron chi connectivity index (χ2n) is 7.83. The van der Waals surface area contributed by atoms with Gasteiger partial charge < -0.3 is 19.5 Å². The topological polar surface area (TPSA) is 85.4 Å². The van der Waals surface area contributed by atoms with Gasteiger partial charge in [-0.2, -0.15) is 5.26 Å². The third kappa shape index (κ3) is 3.19. The SMILES string of the molecule is CNC(=O)c1nc2c(C#N)c(C)c(-c3ccccc3)c(N3CCC(N(C)C)C3)c2o1. The Morgan fingerprint density at radius 1 is 1.33 bits per heavy atom. The molecule has 7 nitrogen and oxygen atoms in total. The van der Waals surface area contributed by atoms with E-state index in [1.54, 1.807) is 0 Å². The van der Waals surface area contributed by atoms with E-state index in [0.29, 0.717) is 22.7 Å². The lowest BCUT2D eigenvalue weighted by Gasteiger charge is -2.25. The molecule has 1 aromatic heterocycles. The number of rotatable bonds is 4. The quantitative estimate of drug-likeness (QED) is 0.720. The maximum Gasteiger partial charge on any atom is 0.306 e. The third-order valence-electron chi connectivity index (χ3n) is 5.87. The maximum atomic E-state index is 12.2. The number of carbonyl (C=O) groups excluding carboxylic acids is 1. The number of hydrogen-bond donors (Lipinski definition) is 1. The van der Waals surface area contributed by atoms with Crippen molar-refractivity contribution in [2.75, 3.05) is 39.1 Å². The van der Waals surface area contributed by atoms with Crippen LogP contribution in [0.5, 0.6) is 0 Å². The first-order chi connectivity index (χ1) is 14.5. The van der Waals surface area contributed by atoms with Crippen LogP contribution in [-0.4, -0.2) is 56.1 Å². The summed E-state index contributed by atoms with van der Waals surface area (Å²) in [6, 6.07) is 12.7. The summed E-state index contributed by atoms with van der Waals surface area (Å²) in [7, 11) is 5.71. The summed E-state index contributed by atoms with van der Waals surface area (Å²) in [5.41, 5.74) is 5.09. The molecule has 0 spiro atoms. The van der Waals surface area contributed by atoms with E-state index >= 15 is 0 Å². The average molecular weight is 403 g/mol. The summed E-state index contributed by atoms with van der Waals surface area (Å²) in [6.07, 6.45) is 1.03. The van der Waals surface area contributed by atoms with Crippen LogP contribution < -0.4 is 10.2 Å². The Bertz CT molecular complexity index is 1140. The Balaban J connectivity index is 2.04. The van der Waals surface area contributed by atoms with E-state index in [-0.39, 0.29) is 5.89 Å². The number of benzene rings is 2. The second-order valence-corrected chi connectivity index (χ2v) is 7.83. The molecule has 1 unspecified atom stereocenters. The van der Waals surface area contributed by atoms with Crippen molar-refractivity contribution in [1.82, 2.24) is 15.2 Å². The molecule has 3 aromatic rings. The van der Waals surface area contributed by atoms with Crippen molar-refractivity contribution in [2.24, 2.45) is 0 Å². The summed E-state index contributed by atoms with van der Waals surface area (Å²) >= 11 is 0. The number of amides is 1. The standard InChI is InChI=1S/C23H25N5O2/c1-14-17(12-24)19-21(30-23(26-19)22(29)25-2)20(18(14)15-8-6-5-7-9-15)28-11-10-16(13-28)27(3)4/h5-9,16H,10-11,13H2,1-4H3,(H,25,29). The highest BCUT2D eigenvalue weighted by atomic mass is 16.4. The van der Waals surface area contributed by atoms with Crippen LogP contribution in [-0.2, 0) is 0 Å². The molecule has 154 valence electrons. The van der Waals surface area contributed by atoms with Crippen molar-refractivity contribution in [3.05, 3.63) is 47.3 Å². The number of oxazole rings is 1. The van der Waals surface area contributed by atoms with Crippen molar-refractivity contribution in [3.63, 3.8) is 0 Å². The number of hydrogen-bond acceptors (Lipinski definition) is 6. The van der Waals surface area contributed by atoms with Crippen LogP contribution in [0.25, 0.3) is 22.2 Å². The number of likely N-dealkylation sites (N-methyl/N-ethyl adjacent to an activating group) is 1. The zero-order valence-corrected chi connectivity index (χ0v) is 17.7. The van der Waals surface area contributed by atoms with Gasteiger partial charge in [0.25, 0.3) is 5.89 Å². The van der Waals surface area contributed by atoms with Gasteiger partial charge in [0.05, 0.1) is 11.3 Å². The molecule has 1 atom stereocenters. The van der Waals surface area contributed by atoms with Crippen molar-refractivity contribution < 1.29 is 9.21 Å². The highest BCUT2D eigenvalue weighted by Gasteiger charge is 2.32. The highest BCUT2D eigenvalue weighted by molar-refractivity contribution is 6.04. The highest BCUT2D eigenvalue weighted by Crippen LogP contribution is 2.44. The van der Waals surface area contributed by atoms with Gasteiger partial charge in [0.2, 0.25) is 0 Å². The molecule has 1 saturated heterocycles. The van der Waals surface area contributed by atoms with Gasteiger partial charge in [-0.15, -0.1) is 0 Å². The first-order valence-electron chi connectivity index (χ1n) is 10.0. The molecule has 4 rings (SSSR count). The minimum absolute atomic E-state index is 0.0294. The predicted octanol–water partition coefficient (Wildman–Crippen LogP) is 3.17. The van der Waals surface area contributed by atoms with Crippen LogP contribution in [0.1, 0.15) is 28.2 Å². The molecule has 1 fully saturated rings. The molecule has 30 heavy (non-hydrogen) atoms. The Kier molecular flexibility index (Phi) is 5.18. The summed E-state index contributed by atoms with van der Waals surface area (Å²) in [6.45, 7) is 3.64. The number of aromatic nitrogens is 1. The average Bonchev–Trinajstić information content (AvgIpc) is 3.41.